The van der Waals surface area contributed by atoms with Gasteiger partial charge in [0.25, 0.3) is 5.91 Å². The van der Waals surface area contributed by atoms with Crippen molar-refractivity contribution < 1.29 is 14.3 Å². The van der Waals surface area contributed by atoms with E-state index in [1.54, 1.807) is 36.5 Å². The molecule has 126 valence electrons. The molecule has 3 rings (SSSR count). The summed E-state index contributed by atoms with van der Waals surface area (Å²) in [4.78, 5) is 16.0. The molecule has 0 aliphatic rings. The number of pyridine rings is 1. The summed E-state index contributed by atoms with van der Waals surface area (Å²) >= 11 is 2.19. The van der Waals surface area contributed by atoms with Crippen molar-refractivity contribution in [2.75, 3.05) is 11.9 Å². The summed E-state index contributed by atoms with van der Waals surface area (Å²) in [6, 6.07) is 20.1. The maximum absolute atomic E-state index is 11.9. The van der Waals surface area contributed by atoms with Gasteiger partial charge in [-0.15, -0.1) is 0 Å². The fraction of sp³-hybridized carbons (Fsp3) is 0.0526. The standard InChI is InChI=1S/C19H15IN2O3/c20-14-4-3-5-15(12-14)22-18(23)13-24-16-7-9-17(10-8-16)25-19-6-1-2-11-21-19/h1-12H,13H2,(H,22,23). The van der Waals surface area contributed by atoms with E-state index < -0.39 is 0 Å². The van der Waals surface area contributed by atoms with Gasteiger partial charge in [0, 0.05) is 21.5 Å². The number of nitrogens with one attached hydrogen (secondary N) is 1. The van der Waals surface area contributed by atoms with Crippen LogP contribution < -0.4 is 14.8 Å². The van der Waals surface area contributed by atoms with Gasteiger partial charge in [0.05, 0.1) is 0 Å². The molecule has 0 atom stereocenters. The smallest absolute Gasteiger partial charge is 0.262 e. The lowest BCUT2D eigenvalue weighted by atomic mass is 10.3. The molecule has 1 amide bonds. The van der Waals surface area contributed by atoms with Crippen LogP contribution in [0.4, 0.5) is 5.69 Å². The van der Waals surface area contributed by atoms with Crippen LogP contribution in [0.25, 0.3) is 0 Å². The van der Waals surface area contributed by atoms with Gasteiger partial charge in [0.15, 0.2) is 6.61 Å². The highest BCUT2D eigenvalue weighted by Crippen LogP contribution is 2.22. The van der Waals surface area contributed by atoms with Crippen LogP contribution in [0.15, 0.2) is 72.9 Å². The van der Waals surface area contributed by atoms with Crippen molar-refractivity contribution in [2.24, 2.45) is 0 Å². The van der Waals surface area contributed by atoms with Crippen molar-refractivity contribution in [2.45, 2.75) is 0 Å². The zero-order valence-electron chi connectivity index (χ0n) is 13.2. The summed E-state index contributed by atoms with van der Waals surface area (Å²) in [7, 11) is 0. The average molecular weight is 446 g/mol. The second kappa shape index (κ2) is 8.48. The van der Waals surface area contributed by atoms with Crippen LogP contribution in [0.2, 0.25) is 0 Å². The first-order valence-electron chi connectivity index (χ1n) is 7.56. The summed E-state index contributed by atoms with van der Waals surface area (Å²) in [6.45, 7) is -0.0636. The predicted molar refractivity (Wildman–Crippen MR) is 104 cm³/mol. The number of carbonyl (C=O) groups is 1. The molecule has 0 radical (unpaired) electrons. The Kier molecular flexibility index (Phi) is 5.84. The third-order valence-corrected chi connectivity index (χ3v) is 3.83. The highest BCUT2D eigenvalue weighted by atomic mass is 127. The van der Waals surface area contributed by atoms with Gasteiger partial charge >= 0.3 is 0 Å². The normalized spacial score (nSPS) is 10.1. The third kappa shape index (κ3) is 5.46. The summed E-state index contributed by atoms with van der Waals surface area (Å²) < 4.78 is 12.1. The molecule has 1 aromatic heterocycles. The molecule has 25 heavy (non-hydrogen) atoms. The van der Waals surface area contributed by atoms with E-state index in [2.05, 4.69) is 32.9 Å². The van der Waals surface area contributed by atoms with Gasteiger partial charge < -0.3 is 14.8 Å². The molecule has 0 bridgehead atoms. The molecule has 1 heterocycles. The molecule has 5 nitrogen and oxygen atoms in total. The maximum Gasteiger partial charge on any atom is 0.262 e. The second-order valence-corrected chi connectivity index (χ2v) is 6.33. The molecular formula is C19H15IN2O3. The molecular weight excluding hydrogens is 431 g/mol. The molecule has 0 saturated heterocycles. The molecule has 0 aliphatic carbocycles. The van der Waals surface area contributed by atoms with Crippen molar-refractivity contribution in [1.29, 1.82) is 0 Å². The van der Waals surface area contributed by atoms with Crippen LogP contribution >= 0.6 is 22.6 Å². The van der Waals surface area contributed by atoms with Crippen molar-refractivity contribution in [3.8, 4) is 17.4 Å². The average Bonchev–Trinajstić information content (AvgIpc) is 2.62. The van der Waals surface area contributed by atoms with Gasteiger partial charge in [0.2, 0.25) is 5.88 Å². The summed E-state index contributed by atoms with van der Waals surface area (Å²) in [5.41, 5.74) is 0.750. The first kappa shape index (κ1) is 17.2. The maximum atomic E-state index is 11.9. The summed E-state index contributed by atoms with van der Waals surface area (Å²) in [6.07, 6.45) is 1.67. The number of carbonyl (C=O) groups excluding carboxylic acids is 1. The van der Waals surface area contributed by atoms with Crippen molar-refractivity contribution in [1.82, 2.24) is 4.98 Å². The minimum absolute atomic E-state index is 0.0636. The second-order valence-electron chi connectivity index (χ2n) is 5.09. The van der Waals surface area contributed by atoms with Crippen LogP contribution in [-0.2, 0) is 4.79 Å². The molecule has 0 spiro atoms. The Morgan fingerprint density at radius 1 is 1.00 bits per heavy atom. The lowest BCUT2D eigenvalue weighted by Crippen LogP contribution is -2.20. The number of hydrogen-bond acceptors (Lipinski definition) is 4. The van der Waals surface area contributed by atoms with Crippen LogP contribution in [0.1, 0.15) is 0 Å². The van der Waals surface area contributed by atoms with E-state index in [1.165, 1.54) is 0 Å². The van der Waals surface area contributed by atoms with Crippen molar-refractivity contribution in [3.63, 3.8) is 0 Å². The van der Waals surface area contributed by atoms with E-state index in [-0.39, 0.29) is 12.5 Å². The quantitative estimate of drug-likeness (QED) is 0.567. The Labute approximate surface area is 159 Å². The van der Waals surface area contributed by atoms with E-state index in [4.69, 9.17) is 9.47 Å². The number of anilines is 1. The van der Waals surface area contributed by atoms with E-state index in [9.17, 15) is 4.79 Å². The number of hydrogen-bond donors (Lipinski definition) is 1. The van der Waals surface area contributed by atoms with Gasteiger partial charge in [-0.2, -0.15) is 0 Å². The van der Waals surface area contributed by atoms with Gasteiger partial charge in [0.1, 0.15) is 11.5 Å². The Hall–Kier alpha value is -2.61. The zero-order chi connectivity index (χ0) is 17.5. The van der Waals surface area contributed by atoms with E-state index in [1.807, 2.05) is 36.4 Å². The number of aromatic nitrogens is 1. The van der Waals surface area contributed by atoms with Crippen LogP contribution in [-0.4, -0.2) is 17.5 Å². The first-order chi connectivity index (χ1) is 12.2. The molecule has 3 aromatic rings. The van der Waals surface area contributed by atoms with E-state index in [0.717, 1.165) is 9.26 Å². The minimum Gasteiger partial charge on any atom is -0.484 e. The molecule has 1 N–H and O–H groups in total. The number of amides is 1. The number of ether oxygens (including phenoxy) is 2. The molecule has 0 fully saturated rings. The Bertz CT molecular complexity index is 839. The zero-order valence-corrected chi connectivity index (χ0v) is 15.3. The Morgan fingerprint density at radius 3 is 2.52 bits per heavy atom. The SMILES string of the molecule is O=C(COc1ccc(Oc2ccccn2)cc1)Nc1cccc(I)c1. The molecule has 6 heteroatoms. The van der Waals surface area contributed by atoms with Crippen molar-refractivity contribution in [3.05, 3.63) is 76.5 Å². The van der Waals surface area contributed by atoms with Crippen LogP contribution in [0, 0.1) is 3.57 Å². The lowest BCUT2D eigenvalue weighted by molar-refractivity contribution is -0.118. The topological polar surface area (TPSA) is 60.5 Å². The first-order valence-corrected chi connectivity index (χ1v) is 8.64. The number of halogens is 1. The molecule has 0 saturated carbocycles. The highest BCUT2D eigenvalue weighted by molar-refractivity contribution is 14.1. The van der Waals surface area contributed by atoms with Gasteiger partial charge in [-0.3, -0.25) is 4.79 Å². The van der Waals surface area contributed by atoms with Gasteiger partial charge in [-0.05, 0) is 71.1 Å². The third-order valence-electron chi connectivity index (χ3n) is 3.16. The fourth-order valence-electron chi connectivity index (χ4n) is 2.04. The summed E-state index contributed by atoms with van der Waals surface area (Å²) in [5.74, 6) is 1.55. The van der Waals surface area contributed by atoms with Gasteiger partial charge in [-0.25, -0.2) is 4.98 Å². The summed E-state index contributed by atoms with van der Waals surface area (Å²) in [5, 5.41) is 2.80. The molecule has 0 unspecified atom stereocenters. The van der Waals surface area contributed by atoms with Crippen LogP contribution in [0.3, 0.4) is 0 Å². The van der Waals surface area contributed by atoms with E-state index in [0.29, 0.717) is 17.4 Å². The minimum atomic E-state index is -0.212. The predicted octanol–water partition coefficient (Wildman–Crippen LogP) is 4.50. The van der Waals surface area contributed by atoms with Gasteiger partial charge in [-0.1, -0.05) is 12.1 Å². The molecule has 0 aliphatic heterocycles. The number of benzene rings is 2. The molecule has 2 aromatic carbocycles. The number of rotatable bonds is 6. The fourth-order valence-corrected chi connectivity index (χ4v) is 2.59. The highest BCUT2D eigenvalue weighted by Gasteiger charge is 2.05. The largest absolute Gasteiger partial charge is 0.484 e. The Morgan fingerprint density at radius 2 is 1.80 bits per heavy atom. The van der Waals surface area contributed by atoms with Crippen LogP contribution in [0.5, 0.6) is 17.4 Å². The lowest BCUT2D eigenvalue weighted by Gasteiger charge is -2.09. The van der Waals surface area contributed by atoms with Crippen molar-refractivity contribution >= 4 is 34.2 Å². The Balaban J connectivity index is 1.50. The monoisotopic (exact) mass is 446 g/mol. The number of nitrogens with zero attached hydrogens (tertiary/aromatic N) is 1. The van der Waals surface area contributed by atoms with E-state index >= 15 is 0 Å².